The van der Waals surface area contributed by atoms with Crippen LogP contribution >= 0.6 is 11.6 Å². The first kappa shape index (κ1) is 20.7. The van der Waals surface area contributed by atoms with Gasteiger partial charge in [-0.2, -0.15) is 9.67 Å². The van der Waals surface area contributed by atoms with E-state index < -0.39 is 5.82 Å². The number of fused-ring (bicyclic) bond motifs is 2. The number of nitrogens with zero attached hydrogens (tertiary/aromatic N) is 6. The van der Waals surface area contributed by atoms with Crippen LogP contribution < -0.4 is 15.0 Å². The van der Waals surface area contributed by atoms with E-state index in [4.69, 9.17) is 16.3 Å². The Hall–Kier alpha value is -3.20. The summed E-state index contributed by atoms with van der Waals surface area (Å²) in [5.74, 6) is 1.61. The molecule has 32 heavy (non-hydrogen) atoms. The van der Waals surface area contributed by atoms with Gasteiger partial charge in [0.15, 0.2) is 11.6 Å². The summed E-state index contributed by atoms with van der Waals surface area (Å²) in [5.41, 5.74) is 0.963. The van der Waals surface area contributed by atoms with Crippen molar-refractivity contribution >= 4 is 29.6 Å². The number of nitrogens with one attached hydrogen (secondary N) is 1. The Morgan fingerprint density at radius 3 is 2.75 bits per heavy atom. The summed E-state index contributed by atoms with van der Waals surface area (Å²) in [6, 6.07) is 6.94. The van der Waals surface area contributed by atoms with E-state index in [1.54, 1.807) is 12.4 Å². The molecule has 1 aromatic carbocycles. The van der Waals surface area contributed by atoms with Gasteiger partial charge in [0.1, 0.15) is 12.1 Å². The van der Waals surface area contributed by atoms with Gasteiger partial charge in [-0.15, -0.1) is 5.10 Å². The molecule has 1 N–H and O–H groups in total. The summed E-state index contributed by atoms with van der Waals surface area (Å²) < 4.78 is 21.3. The van der Waals surface area contributed by atoms with Gasteiger partial charge in [-0.3, -0.25) is 0 Å². The molecule has 10 heteroatoms. The lowest BCUT2D eigenvalue weighted by Gasteiger charge is -2.38. The van der Waals surface area contributed by atoms with E-state index in [1.807, 2.05) is 13.0 Å². The van der Waals surface area contributed by atoms with Crippen LogP contribution in [0, 0.1) is 24.6 Å². The number of hydrogen-bond donors (Lipinski definition) is 1. The molecule has 2 aromatic heterocycles. The molecule has 2 atom stereocenters. The summed E-state index contributed by atoms with van der Waals surface area (Å²) in [6.07, 6.45) is 5.34. The fourth-order valence-corrected chi connectivity index (χ4v) is 4.79. The van der Waals surface area contributed by atoms with Crippen molar-refractivity contribution in [1.82, 2.24) is 24.7 Å². The Bertz CT molecular complexity index is 1140. The molecule has 1 saturated heterocycles. The molecule has 8 nitrogen and oxygen atoms in total. The first-order chi connectivity index (χ1) is 15.5. The van der Waals surface area contributed by atoms with Crippen molar-refractivity contribution < 1.29 is 9.13 Å². The van der Waals surface area contributed by atoms with Crippen molar-refractivity contribution in [2.45, 2.75) is 25.8 Å². The number of benzene rings is 1. The van der Waals surface area contributed by atoms with E-state index in [0.29, 0.717) is 17.8 Å². The highest BCUT2D eigenvalue weighted by Gasteiger charge is 2.43. The topological polar surface area (TPSA) is 81.0 Å². The predicted octanol–water partition coefficient (Wildman–Crippen LogP) is 4.39. The smallest absolute Gasteiger partial charge is 0.326 e. The number of rotatable bonds is 6. The molecule has 166 valence electrons. The van der Waals surface area contributed by atoms with E-state index in [0.717, 1.165) is 37.4 Å². The van der Waals surface area contributed by atoms with Crippen molar-refractivity contribution in [2.24, 2.45) is 11.8 Å². The summed E-state index contributed by atoms with van der Waals surface area (Å²) in [6.45, 7) is 7.53. The van der Waals surface area contributed by atoms with E-state index in [1.165, 1.54) is 23.0 Å². The Kier molecular flexibility index (Phi) is 5.42. The number of halogens is 2. The first-order valence-electron chi connectivity index (χ1n) is 10.5. The Balaban J connectivity index is 1.32. The lowest BCUT2D eigenvalue weighted by atomic mass is 9.92. The van der Waals surface area contributed by atoms with Crippen LogP contribution in [0.4, 0.5) is 16.2 Å². The van der Waals surface area contributed by atoms with Crippen molar-refractivity contribution in [3.8, 4) is 11.8 Å². The molecule has 2 unspecified atom stereocenters. The van der Waals surface area contributed by atoms with E-state index in [9.17, 15) is 4.39 Å². The standard InChI is InChI=1S/C22H23ClFN7O/c1-3-31-22(32-17-6-4-5-16(23)19(17)24)28-21(29-31)27-20-14-7-8-15(20)11-30(10-14)18-9-13(2)25-12-26-18/h3-6,9,12,14-15,20H,1,7-8,10-11H2,2H3,(H,27,29). The number of anilines is 2. The molecule has 1 aliphatic heterocycles. The third kappa shape index (κ3) is 3.88. The Morgan fingerprint density at radius 1 is 1.25 bits per heavy atom. The summed E-state index contributed by atoms with van der Waals surface area (Å²) in [5, 5.41) is 7.88. The molecule has 2 aliphatic rings. The molecule has 2 bridgehead atoms. The van der Waals surface area contributed by atoms with Crippen molar-refractivity contribution in [3.63, 3.8) is 0 Å². The van der Waals surface area contributed by atoms with Gasteiger partial charge >= 0.3 is 6.01 Å². The number of ether oxygens (including phenoxy) is 1. The van der Waals surface area contributed by atoms with Gasteiger partial charge in [0.05, 0.1) is 5.02 Å². The monoisotopic (exact) mass is 455 g/mol. The van der Waals surface area contributed by atoms with Gasteiger partial charge < -0.3 is 15.0 Å². The zero-order valence-electron chi connectivity index (χ0n) is 17.6. The van der Waals surface area contributed by atoms with Crippen LogP contribution in [-0.2, 0) is 0 Å². The zero-order valence-corrected chi connectivity index (χ0v) is 18.3. The quantitative estimate of drug-likeness (QED) is 0.590. The number of aryl methyl sites for hydroxylation is 1. The van der Waals surface area contributed by atoms with Gasteiger partial charge in [-0.05, 0) is 43.7 Å². The SMILES string of the molecule is C=Cn1nc(NC2C3CCC2CN(c2cc(C)ncn2)C3)nc1Oc1cccc(Cl)c1F. The largest absolute Gasteiger partial charge is 0.421 e. The summed E-state index contributed by atoms with van der Waals surface area (Å²) in [7, 11) is 0. The van der Waals surface area contributed by atoms with Crippen LogP contribution in [0.15, 0.2) is 37.2 Å². The second kappa shape index (κ2) is 8.38. The highest BCUT2D eigenvalue weighted by molar-refractivity contribution is 6.30. The van der Waals surface area contributed by atoms with Crippen LogP contribution in [0.3, 0.4) is 0 Å². The molecule has 5 rings (SSSR count). The maximum Gasteiger partial charge on any atom is 0.326 e. The first-order valence-corrected chi connectivity index (χ1v) is 10.9. The molecule has 1 saturated carbocycles. The second-order valence-corrected chi connectivity index (χ2v) is 8.60. The molecular weight excluding hydrogens is 433 g/mol. The van der Waals surface area contributed by atoms with Crippen molar-refractivity contribution in [1.29, 1.82) is 0 Å². The highest BCUT2D eigenvalue weighted by Crippen LogP contribution is 2.40. The second-order valence-electron chi connectivity index (χ2n) is 8.19. The van der Waals surface area contributed by atoms with Crippen LogP contribution in [0.5, 0.6) is 11.8 Å². The summed E-state index contributed by atoms with van der Waals surface area (Å²) in [4.78, 5) is 15.4. The molecule has 3 heterocycles. The third-order valence-electron chi connectivity index (χ3n) is 6.13. The van der Waals surface area contributed by atoms with Crippen LogP contribution in [0.1, 0.15) is 18.5 Å². The van der Waals surface area contributed by atoms with Crippen molar-refractivity contribution in [3.05, 3.63) is 53.7 Å². The van der Waals surface area contributed by atoms with Gasteiger partial charge in [0.2, 0.25) is 5.95 Å². The van der Waals surface area contributed by atoms with Gasteiger partial charge in [0, 0.05) is 37.1 Å². The van der Waals surface area contributed by atoms with Crippen molar-refractivity contribution in [2.75, 3.05) is 23.3 Å². The van der Waals surface area contributed by atoms with Crippen LogP contribution in [0.2, 0.25) is 5.02 Å². The fourth-order valence-electron chi connectivity index (χ4n) is 4.63. The fraction of sp³-hybridized carbons (Fsp3) is 0.364. The van der Waals surface area contributed by atoms with Gasteiger partial charge in [-0.1, -0.05) is 24.2 Å². The highest BCUT2D eigenvalue weighted by atomic mass is 35.5. The maximum absolute atomic E-state index is 14.2. The van der Waals surface area contributed by atoms with Gasteiger partial charge in [-0.25, -0.2) is 14.4 Å². The minimum absolute atomic E-state index is 0.0203. The maximum atomic E-state index is 14.2. The lowest BCUT2D eigenvalue weighted by Crippen LogP contribution is -2.48. The molecule has 0 radical (unpaired) electrons. The Morgan fingerprint density at radius 2 is 2.03 bits per heavy atom. The third-order valence-corrected chi connectivity index (χ3v) is 6.43. The molecule has 0 spiro atoms. The van der Waals surface area contributed by atoms with E-state index in [2.05, 4.69) is 36.8 Å². The molecular formula is C22H23ClFN7O. The molecule has 2 fully saturated rings. The average molecular weight is 456 g/mol. The number of aromatic nitrogens is 5. The zero-order chi connectivity index (χ0) is 22.2. The number of hydrogen-bond acceptors (Lipinski definition) is 7. The normalized spacial score (nSPS) is 22.1. The van der Waals surface area contributed by atoms with Gasteiger partial charge in [0.25, 0.3) is 0 Å². The predicted molar refractivity (Wildman–Crippen MR) is 120 cm³/mol. The number of piperidine rings is 1. The minimum Gasteiger partial charge on any atom is -0.421 e. The summed E-state index contributed by atoms with van der Waals surface area (Å²) >= 11 is 5.85. The lowest BCUT2D eigenvalue weighted by molar-refractivity contribution is 0.374. The molecule has 0 amide bonds. The molecule has 3 aromatic rings. The van der Waals surface area contributed by atoms with Crippen LogP contribution in [-0.4, -0.2) is 43.9 Å². The van der Waals surface area contributed by atoms with E-state index in [-0.39, 0.29) is 22.8 Å². The van der Waals surface area contributed by atoms with E-state index >= 15 is 0 Å². The minimum atomic E-state index is -0.646. The average Bonchev–Trinajstić information content (AvgIpc) is 3.26. The van der Waals surface area contributed by atoms with Crippen LogP contribution in [0.25, 0.3) is 6.20 Å². The Labute approximate surface area is 190 Å². The molecule has 1 aliphatic carbocycles.